The summed E-state index contributed by atoms with van der Waals surface area (Å²) in [6.45, 7) is 0. The molecule has 0 saturated heterocycles. The number of benzene rings is 1. The number of methoxy groups -OCH3 is 1. The molecular weight excluding hydrogens is 220 g/mol. The van der Waals surface area contributed by atoms with Crippen molar-refractivity contribution in [3.05, 3.63) is 18.2 Å². The minimum absolute atomic E-state index is 0.00866. The summed E-state index contributed by atoms with van der Waals surface area (Å²) >= 11 is 0. The fraction of sp³-hybridized carbons (Fsp3) is 0.250. The summed E-state index contributed by atoms with van der Waals surface area (Å²) in [6, 6.07) is 4.44. The highest BCUT2D eigenvalue weighted by Gasteiger charge is 2.14. The zero-order valence-corrected chi connectivity index (χ0v) is 9.13. The van der Waals surface area contributed by atoms with Gasteiger partial charge in [-0.15, -0.1) is 0 Å². The zero-order chi connectivity index (χ0) is 11.5. The Balaban J connectivity index is 3.14. The van der Waals surface area contributed by atoms with Crippen LogP contribution in [0.4, 0.5) is 5.69 Å². The van der Waals surface area contributed by atoms with Crippen LogP contribution in [0.1, 0.15) is 0 Å². The molecule has 1 rings (SSSR count). The number of nitrogens with one attached hydrogen (secondary N) is 2. The maximum atomic E-state index is 11.2. The second-order valence-electron chi connectivity index (χ2n) is 2.66. The van der Waals surface area contributed by atoms with E-state index in [1.807, 2.05) is 0 Å². The summed E-state index contributed by atoms with van der Waals surface area (Å²) in [5.74, 6) is 0.0435. The molecule has 6 nitrogen and oxygen atoms in total. The molecule has 0 radical (unpaired) electrons. The van der Waals surface area contributed by atoms with E-state index in [2.05, 4.69) is 9.44 Å². The first-order valence-corrected chi connectivity index (χ1v) is 5.55. The van der Waals surface area contributed by atoms with Gasteiger partial charge in [0.15, 0.2) is 0 Å². The summed E-state index contributed by atoms with van der Waals surface area (Å²) in [5, 5.41) is 9.45. The third kappa shape index (κ3) is 2.74. The van der Waals surface area contributed by atoms with Gasteiger partial charge in [0.1, 0.15) is 17.2 Å². The summed E-state index contributed by atoms with van der Waals surface area (Å²) < 4.78 is 31.5. The average molecular weight is 232 g/mol. The summed E-state index contributed by atoms with van der Waals surface area (Å²) in [7, 11) is -1.03. The van der Waals surface area contributed by atoms with E-state index >= 15 is 0 Å². The molecule has 0 amide bonds. The van der Waals surface area contributed by atoms with E-state index in [9.17, 15) is 13.5 Å². The van der Waals surface area contributed by atoms with Crippen molar-refractivity contribution in [2.45, 2.75) is 0 Å². The standard InChI is InChI=1S/C8H12N2O4S/c1-9-15(12,13)10-8-6(11)4-3-5-7(8)14-2/h3-5,9-11H,1-2H3. The number of hydrogen-bond donors (Lipinski definition) is 3. The van der Waals surface area contributed by atoms with Gasteiger partial charge in [-0.1, -0.05) is 6.07 Å². The van der Waals surface area contributed by atoms with Gasteiger partial charge in [0.2, 0.25) is 0 Å². The van der Waals surface area contributed by atoms with Crippen LogP contribution >= 0.6 is 0 Å². The molecule has 0 bridgehead atoms. The average Bonchev–Trinajstić information content (AvgIpc) is 2.21. The second-order valence-corrected chi connectivity index (χ2v) is 4.28. The Labute approximate surface area is 88.1 Å². The Kier molecular flexibility index (Phi) is 3.38. The lowest BCUT2D eigenvalue weighted by molar-refractivity contribution is 0.411. The van der Waals surface area contributed by atoms with E-state index < -0.39 is 10.2 Å². The summed E-state index contributed by atoms with van der Waals surface area (Å²) in [4.78, 5) is 0. The van der Waals surface area contributed by atoms with Crippen molar-refractivity contribution in [3.8, 4) is 11.5 Å². The molecule has 0 aliphatic rings. The number of aromatic hydroxyl groups is 1. The fourth-order valence-corrected chi connectivity index (χ4v) is 1.55. The highest BCUT2D eigenvalue weighted by atomic mass is 32.2. The molecule has 0 aliphatic carbocycles. The van der Waals surface area contributed by atoms with E-state index in [1.165, 1.54) is 26.3 Å². The van der Waals surface area contributed by atoms with Crippen LogP contribution in [0.3, 0.4) is 0 Å². The predicted octanol–water partition coefficient (Wildman–Crippen LogP) is 0.277. The Hall–Kier alpha value is -1.47. The molecule has 84 valence electrons. The minimum atomic E-state index is -3.67. The molecule has 0 saturated carbocycles. The molecular formula is C8H12N2O4S. The van der Waals surface area contributed by atoms with Crippen molar-refractivity contribution >= 4 is 15.9 Å². The van der Waals surface area contributed by atoms with E-state index in [-0.39, 0.29) is 17.2 Å². The van der Waals surface area contributed by atoms with Gasteiger partial charge in [0.05, 0.1) is 7.11 Å². The second kappa shape index (κ2) is 4.37. The lowest BCUT2D eigenvalue weighted by atomic mass is 10.3. The highest BCUT2D eigenvalue weighted by Crippen LogP contribution is 2.33. The number of hydrogen-bond acceptors (Lipinski definition) is 4. The summed E-state index contributed by atoms with van der Waals surface area (Å²) in [5.41, 5.74) is 0.00866. The first kappa shape index (κ1) is 11.6. The van der Waals surface area contributed by atoms with Crippen molar-refractivity contribution in [3.63, 3.8) is 0 Å². The number of phenols is 1. The van der Waals surface area contributed by atoms with Crippen LogP contribution in [0.2, 0.25) is 0 Å². The third-order valence-corrected chi connectivity index (χ3v) is 2.74. The van der Waals surface area contributed by atoms with Crippen molar-refractivity contribution in [1.29, 1.82) is 0 Å². The third-order valence-electron chi connectivity index (χ3n) is 1.73. The van der Waals surface area contributed by atoms with Crippen molar-refractivity contribution in [2.24, 2.45) is 0 Å². The Morgan fingerprint density at radius 2 is 2.07 bits per heavy atom. The van der Waals surface area contributed by atoms with Gasteiger partial charge in [0.25, 0.3) is 10.2 Å². The first-order chi connectivity index (χ1) is 7.00. The molecule has 0 aliphatic heterocycles. The van der Waals surface area contributed by atoms with Gasteiger partial charge < -0.3 is 9.84 Å². The molecule has 0 atom stereocenters. The monoisotopic (exact) mass is 232 g/mol. The maximum absolute atomic E-state index is 11.2. The lowest BCUT2D eigenvalue weighted by Crippen LogP contribution is -2.26. The number of para-hydroxylation sites is 1. The van der Waals surface area contributed by atoms with Crippen LogP contribution < -0.4 is 14.2 Å². The molecule has 1 aromatic carbocycles. The smallest absolute Gasteiger partial charge is 0.299 e. The van der Waals surface area contributed by atoms with Crippen LogP contribution in [0.5, 0.6) is 11.5 Å². The summed E-state index contributed by atoms with van der Waals surface area (Å²) in [6.07, 6.45) is 0. The van der Waals surface area contributed by atoms with Crippen LogP contribution in [0, 0.1) is 0 Å². The van der Waals surface area contributed by atoms with Crippen LogP contribution in [0.15, 0.2) is 18.2 Å². The Morgan fingerprint density at radius 3 is 2.60 bits per heavy atom. The van der Waals surface area contributed by atoms with Gasteiger partial charge >= 0.3 is 0 Å². The van der Waals surface area contributed by atoms with Gasteiger partial charge in [-0.05, 0) is 12.1 Å². The minimum Gasteiger partial charge on any atom is -0.506 e. The largest absolute Gasteiger partial charge is 0.506 e. The normalized spacial score (nSPS) is 11.1. The van der Waals surface area contributed by atoms with Gasteiger partial charge in [-0.2, -0.15) is 8.42 Å². The first-order valence-electron chi connectivity index (χ1n) is 4.07. The number of anilines is 1. The van der Waals surface area contributed by atoms with E-state index in [4.69, 9.17) is 4.74 Å². The molecule has 7 heteroatoms. The SMILES string of the molecule is CNS(=O)(=O)Nc1c(O)cccc1OC. The van der Waals surface area contributed by atoms with Crippen molar-refractivity contribution in [2.75, 3.05) is 18.9 Å². The number of phenolic OH excluding ortho intramolecular Hbond substituents is 1. The molecule has 0 spiro atoms. The van der Waals surface area contributed by atoms with Gasteiger partial charge in [-0.3, -0.25) is 4.72 Å². The van der Waals surface area contributed by atoms with E-state index in [0.29, 0.717) is 0 Å². The zero-order valence-electron chi connectivity index (χ0n) is 8.31. The highest BCUT2D eigenvalue weighted by molar-refractivity contribution is 7.90. The molecule has 0 fully saturated rings. The Bertz CT molecular complexity index is 444. The topological polar surface area (TPSA) is 87.7 Å². The van der Waals surface area contributed by atoms with Crippen molar-refractivity contribution in [1.82, 2.24) is 4.72 Å². The van der Waals surface area contributed by atoms with E-state index in [1.54, 1.807) is 6.07 Å². The molecule has 0 aromatic heterocycles. The fourth-order valence-electron chi connectivity index (χ4n) is 0.978. The molecule has 1 aromatic rings. The van der Waals surface area contributed by atoms with Crippen molar-refractivity contribution < 1.29 is 18.3 Å². The predicted molar refractivity (Wildman–Crippen MR) is 56.3 cm³/mol. The molecule has 15 heavy (non-hydrogen) atoms. The maximum Gasteiger partial charge on any atom is 0.299 e. The van der Waals surface area contributed by atoms with E-state index in [0.717, 1.165) is 0 Å². The van der Waals surface area contributed by atoms with Gasteiger partial charge in [-0.25, -0.2) is 4.72 Å². The van der Waals surface area contributed by atoms with Crippen LogP contribution in [0.25, 0.3) is 0 Å². The van der Waals surface area contributed by atoms with Crippen LogP contribution in [-0.4, -0.2) is 27.7 Å². The molecule has 3 N–H and O–H groups in total. The molecule has 0 heterocycles. The van der Waals surface area contributed by atoms with Gasteiger partial charge in [0, 0.05) is 7.05 Å². The van der Waals surface area contributed by atoms with Crippen LogP contribution in [-0.2, 0) is 10.2 Å². The lowest BCUT2D eigenvalue weighted by Gasteiger charge is -2.11. The number of ether oxygens (including phenoxy) is 1. The quantitative estimate of drug-likeness (QED) is 0.650. The Morgan fingerprint density at radius 1 is 1.40 bits per heavy atom. The number of rotatable bonds is 4. The molecule has 0 unspecified atom stereocenters.